The topological polar surface area (TPSA) is 20.3 Å². The number of hydrogen-bond donors (Lipinski definition) is 0. The van der Waals surface area contributed by atoms with Crippen LogP contribution >= 0.6 is 0 Å². The maximum Gasteiger partial charge on any atom is 0.183 e. The Morgan fingerprint density at radius 2 is 1.45 bits per heavy atom. The Balaban J connectivity index is 3.14. The van der Waals surface area contributed by atoms with E-state index in [0.29, 0.717) is 0 Å². The molecule has 0 aliphatic carbocycles. The van der Waals surface area contributed by atoms with Crippen molar-refractivity contribution in [2.24, 2.45) is 0 Å². The molecule has 0 amide bonds. The van der Waals surface area contributed by atoms with Crippen molar-refractivity contribution in [1.82, 2.24) is 4.90 Å². The van der Waals surface area contributed by atoms with Gasteiger partial charge in [0.2, 0.25) is 0 Å². The number of carbonyl (C=O) groups is 1. The van der Waals surface area contributed by atoms with Crippen LogP contribution in [0.4, 0.5) is 0 Å². The molecule has 112 valence electrons. The van der Waals surface area contributed by atoms with Gasteiger partial charge in [0, 0.05) is 5.56 Å². The average molecular weight is 275 g/mol. The van der Waals surface area contributed by atoms with Crippen molar-refractivity contribution in [2.45, 2.75) is 58.4 Å². The SMILES string of the molecule is CCC(CC)(C(=O)c1ccc(C(C)(C)C)cc1)N(C)C. The van der Waals surface area contributed by atoms with Crippen LogP contribution in [0.5, 0.6) is 0 Å². The molecule has 0 aliphatic rings. The molecule has 1 aromatic rings. The lowest BCUT2D eigenvalue weighted by Gasteiger charge is -2.37. The molecule has 20 heavy (non-hydrogen) atoms. The van der Waals surface area contributed by atoms with Gasteiger partial charge < -0.3 is 0 Å². The van der Waals surface area contributed by atoms with Gasteiger partial charge in [-0.2, -0.15) is 0 Å². The first-order chi connectivity index (χ1) is 9.19. The van der Waals surface area contributed by atoms with Crippen molar-refractivity contribution in [3.8, 4) is 0 Å². The van der Waals surface area contributed by atoms with E-state index >= 15 is 0 Å². The lowest BCUT2D eigenvalue weighted by Crippen LogP contribution is -2.50. The molecule has 0 saturated heterocycles. The second-order valence-corrected chi connectivity index (χ2v) is 6.79. The summed E-state index contributed by atoms with van der Waals surface area (Å²) in [7, 11) is 3.99. The second-order valence-electron chi connectivity index (χ2n) is 6.79. The van der Waals surface area contributed by atoms with E-state index in [9.17, 15) is 4.79 Å². The smallest absolute Gasteiger partial charge is 0.183 e. The van der Waals surface area contributed by atoms with Gasteiger partial charge in [0.25, 0.3) is 0 Å². The molecular weight excluding hydrogens is 246 g/mol. The van der Waals surface area contributed by atoms with Gasteiger partial charge >= 0.3 is 0 Å². The fourth-order valence-electron chi connectivity index (χ4n) is 2.80. The summed E-state index contributed by atoms with van der Waals surface area (Å²) >= 11 is 0. The van der Waals surface area contributed by atoms with Crippen LogP contribution in [0.25, 0.3) is 0 Å². The fourth-order valence-corrected chi connectivity index (χ4v) is 2.80. The predicted octanol–water partition coefficient (Wildman–Crippen LogP) is 4.29. The first-order valence-electron chi connectivity index (χ1n) is 7.51. The molecule has 0 radical (unpaired) electrons. The number of carbonyl (C=O) groups excluding carboxylic acids is 1. The highest BCUT2D eigenvalue weighted by Gasteiger charge is 2.37. The zero-order valence-corrected chi connectivity index (χ0v) is 14.1. The van der Waals surface area contributed by atoms with Crippen molar-refractivity contribution in [3.05, 3.63) is 35.4 Å². The first kappa shape index (κ1) is 16.9. The summed E-state index contributed by atoms with van der Waals surface area (Å²) in [5, 5.41) is 0. The molecule has 0 unspecified atom stereocenters. The van der Waals surface area contributed by atoms with Crippen molar-refractivity contribution < 1.29 is 4.79 Å². The number of likely N-dealkylation sites (N-methyl/N-ethyl adjacent to an activating group) is 1. The fraction of sp³-hybridized carbons (Fsp3) is 0.611. The minimum absolute atomic E-state index is 0.121. The quantitative estimate of drug-likeness (QED) is 0.747. The largest absolute Gasteiger partial charge is 0.297 e. The van der Waals surface area contributed by atoms with Crippen LogP contribution in [0, 0.1) is 0 Å². The Morgan fingerprint density at radius 1 is 1.00 bits per heavy atom. The minimum Gasteiger partial charge on any atom is -0.297 e. The van der Waals surface area contributed by atoms with E-state index < -0.39 is 0 Å². The molecule has 0 bridgehead atoms. The van der Waals surface area contributed by atoms with E-state index in [1.807, 2.05) is 26.2 Å². The number of benzene rings is 1. The average Bonchev–Trinajstić information content (AvgIpc) is 2.39. The molecule has 1 aromatic carbocycles. The Hall–Kier alpha value is -1.15. The zero-order chi connectivity index (χ0) is 15.6. The van der Waals surface area contributed by atoms with E-state index in [1.165, 1.54) is 5.56 Å². The molecule has 0 N–H and O–H groups in total. The molecule has 0 heterocycles. The Labute approximate surface area is 124 Å². The third kappa shape index (κ3) is 3.12. The van der Waals surface area contributed by atoms with Crippen molar-refractivity contribution >= 4 is 5.78 Å². The van der Waals surface area contributed by atoms with Crippen LogP contribution in [-0.2, 0) is 5.41 Å². The highest BCUT2D eigenvalue weighted by atomic mass is 16.1. The monoisotopic (exact) mass is 275 g/mol. The number of rotatable bonds is 5. The Morgan fingerprint density at radius 3 is 1.75 bits per heavy atom. The third-order valence-electron chi connectivity index (χ3n) is 4.46. The van der Waals surface area contributed by atoms with E-state index in [0.717, 1.165) is 18.4 Å². The molecule has 0 aliphatic heterocycles. The van der Waals surface area contributed by atoms with Crippen molar-refractivity contribution in [1.29, 1.82) is 0 Å². The van der Waals surface area contributed by atoms with Crippen LogP contribution in [0.1, 0.15) is 63.4 Å². The summed E-state index contributed by atoms with van der Waals surface area (Å²) in [6, 6.07) is 8.12. The van der Waals surface area contributed by atoms with Crippen LogP contribution in [0.15, 0.2) is 24.3 Å². The molecule has 2 nitrogen and oxygen atoms in total. The van der Waals surface area contributed by atoms with E-state index in [2.05, 4.69) is 51.7 Å². The highest BCUT2D eigenvalue weighted by Crippen LogP contribution is 2.28. The summed E-state index contributed by atoms with van der Waals surface area (Å²) in [5.41, 5.74) is 1.81. The van der Waals surface area contributed by atoms with Crippen LogP contribution in [0.3, 0.4) is 0 Å². The number of nitrogens with zero attached hydrogens (tertiary/aromatic N) is 1. The lowest BCUT2D eigenvalue weighted by molar-refractivity contribution is 0.0656. The van der Waals surface area contributed by atoms with Crippen LogP contribution in [0.2, 0.25) is 0 Å². The van der Waals surface area contributed by atoms with Crippen LogP contribution < -0.4 is 0 Å². The number of Topliss-reactive ketones (excluding diaryl/α,β-unsaturated/α-hetero) is 1. The minimum atomic E-state index is -0.386. The van der Waals surface area contributed by atoms with Gasteiger partial charge in [-0.05, 0) is 37.9 Å². The third-order valence-corrected chi connectivity index (χ3v) is 4.46. The van der Waals surface area contributed by atoms with Gasteiger partial charge in [-0.15, -0.1) is 0 Å². The van der Waals surface area contributed by atoms with Crippen molar-refractivity contribution in [2.75, 3.05) is 14.1 Å². The van der Waals surface area contributed by atoms with Crippen LogP contribution in [-0.4, -0.2) is 30.3 Å². The van der Waals surface area contributed by atoms with Gasteiger partial charge in [0.15, 0.2) is 5.78 Å². The molecular formula is C18H29NO. The Kier molecular flexibility index (Phi) is 5.15. The summed E-state index contributed by atoms with van der Waals surface area (Å²) in [6.07, 6.45) is 1.66. The van der Waals surface area contributed by atoms with Gasteiger partial charge in [0.1, 0.15) is 0 Å². The van der Waals surface area contributed by atoms with E-state index in [-0.39, 0.29) is 16.7 Å². The van der Waals surface area contributed by atoms with E-state index in [4.69, 9.17) is 0 Å². The van der Waals surface area contributed by atoms with Gasteiger partial charge in [-0.3, -0.25) is 9.69 Å². The molecule has 1 rings (SSSR count). The molecule has 0 fully saturated rings. The maximum absolute atomic E-state index is 12.9. The lowest BCUT2D eigenvalue weighted by atomic mass is 9.81. The van der Waals surface area contributed by atoms with Gasteiger partial charge in [-0.1, -0.05) is 58.9 Å². The zero-order valence-electron chi connectivity index (χ0n) is 14.1. The second kappa shape index (κ2) is 6.09. The number of hydrogen-bond acceptors (Lipinski definition) is 2. The van der Waals surface area contributed by atoms with Gasteiger partial charge in [-0.25, -0.2) is 0 Å². The molecule has 0 saturated carbocycles. The van der Waals surface area contributed by atoms with E-state index in [1.54, 1.807) is 0 Å². The molecule has 0 spiro atoms. The molecule has 2 heteroatoms. The highest BCUT2D eigenvalue weighted by molar-refractivity contribution is 6.03. The summed E-state index contributed by atoms with van der Waals surface area (Å²) in [4.78, 5) is 15.0. The summed E-state index contributed by atoms with van der Waals surface area (Å²) in [5.74, 6) is 0.230. The maximum atomic E-state index is 12.9. The molecule has 0 aromatic heterocycles. The first-order valence-corrected chi connectivity index (χ1v) is 7.51. The summed E-state index contributed by atoms with van der Waals surface area (Å²) in [6.45, 7) is 10.7. The number of ketones is 1. The van der Waals surface area contributed by atoms with Crippen molar-refractivity contribution in [3.63, 3.8) is 0 Å². The standard InChI is InChI=1S/C18H29NO/c1-8-18(9-2,19(6)7)16(20)14-10-12-15(13-11-14)17(3,4)5/h10-13H,8-9H2,1-7H3. The molecule has 0 atom stereocenters. The normalized spacial score (nSPS) is 12.8. The van der Waals surface area contributed by atoms with Gasteiger partial charge in [0.05, 0.1) is 5.54 Å². The summed E-state index contributed by atoms with van der Waals surface area (Å²) < 4.78 is 0. The predicted molar refractivity (Wildman–Crippen MR) is 86.5 cm³/mol. The Bertz CT molecular complexity index is 447.